The van der Waals surface area contributed by atoms with Crippen LogP contribution in [0.2, 0.25) is 0 Å². The number of carbonyl (C=O) groups is 1. The summed E-state index contributed by atoms with van der Waals surface area (Å²) in [4.78, 5) is 16.2. The third-order valence-electron chi connectivity index (χ3n) is 7.72. The van der Waals surface area contributed by atoms with Crippen molar-refractivity contribution in [2.75, 3.05) is 14.2 Å². The van der Waals surface area contributed by atoms with E-state index in [-0.39, 0.29) is 4.90 Å². The van der Waals surface area contributed by atoms with Gasteiger partial charge in [0.2, 0.25) is 0 Å². The third kappa shape index (κ3) is 6.77. The lowest BCUT2D eigenvalue weighted by molar-refractivity contribution is -0.148. The van der Waals surface area contributed by atoms with E-state index in [1.54, 1.807) is 43.5 Å². The molecule has 0 aliphatic heterocycles. The summed E-state index contributed by atoms with van der Waals surface area (Å²) in [5.74, 6) is -0.552. The van der Waals surface area contributed by atoms with Crippen LogP contribution in [0.25, 0.3) is 0 Å². The maximum absolute atomic E-state index is 14.1. The zero-order valence-corrected chi connectivity index (χ0v) is 25.9. The van der Waals surface area contributed by atoms with E-state index in [9.17, 15) is 13.2 Å². The first-order valence-corrected chi connectivity index (χ1v) is 15.8. The lowest BCUT2D eigenvalue weighted by Gasteiger charge is -2.36. The molecule has 8 heteroatoms. The van der Waals surface area contributed by atoms with Gasteiger partial charge in [-0.15, -0.1) is 0 Å². The lowest BCUT2D eigenvalue weighted by Crippen LogP contribution is -2.46. The monoisotopic (exact) mass is 608 g/mol. The minimum Gasteiger partial charge on any atom is -0.497 e. The van der Waals surface area contributed by atoms with Crippen LogP contribution in [0.5, 0.6) is 5.75 Å². The Balaban J connectivity index is 1.71. The van der Waals surface area contributed by atoms with Gasteiger partial charge in [-0.05, 0) is 60.0 Å². The van der Waals surface area contributed by atoms with Crippen molar-refractivity contribution >= 4 is 16.0 Å². The Labute approximate surface area is 259 Å². The van der Waals surface area contributed by atoms with Gasteiger partial charge in [0.15, 0.2) is 0 Å². The smallest absolute Gasteiger partial charge is 0.324 e. The summed E-state index contributed by atoms with van der Waals surface area (Å²) in [6.07, 6.45) is 1.54. The average Bonchev–Trinajstić information content (AvgIpc) is 3.55. The van der Waals surface area contributed by atoms with Crippen molar-refractivity contribution in [2.45, 2.75) is 36.9 Å². The molecule has 0 aliphatic carbocycles. The van der Waals surface area contributed by atoms with Crippen molar-refractivity contribution in [3.05, 3.63) is 155 Å². The predicted octanol–water partition coefficient (Wildman–Crippen LogP) is 6.42. The van der Waals surface area contributed by atoms with Crippen molar-refractivity contribution in [1.29, 1.82) is 0 Å². The van der Waals surface area contributed by atoms with E-state index >= 15 is 0 Å². The molecule has 0 saturated carbocycles. The van der Waals surface area contributed by atoms with Crippen LogP contribution in [0, 0.1) is 6.92 Å². The fraction of sp³-hybridized carbons (Fsp3) is 0.194. The molecule has 0 spiro atoms. The van der Waals surface area contributed by atoms with Gasteiger partial charge in [-0.25, -0.2) is 12.4 Å². The van der Waals surface area contributed by atoms with E-state index in [1.807, 2.05) is 91.9 Å². The van der Waals surface area contributed by atoms with Crippen molar-refractivity contribution in [1.82, 2.24) is 8.87 Å². The number of carbonyl (C=O) groups excluding carboxylic acids is 1. The molecular weight excluding hydrogens is 572 g/mol. The highest BCUT2D eigenvalue weighted by atomic mass is 32.2. The molecule has 5 rings (SSSR count). The van der Waals surface area contributed by atoms with Crippen LogP contribution in [0.1, 0.15) is 33.9 Å². The number of methoxy groups -OCH3 is 2. The maximum atomic E-state index is 14.1. The molecule has 0 aliphatic rings. The lowest BCUT2D eigenvalue weighted by atomic mass is 9.86. The van der Waals surface area contributed by atoms with Crippen LogP contribution in [-0.4, -0.2) is 43.5 Å². The molecule has 4 aromatic carbocycles. The van der Waals surface area contributed by atoms with E-state index in [4.69, 9.17) is 9.47 Å². The molecule has 0 saturated heterocycles. The number of benzene rings is 4. The summed E-state index contributed by atoms with van der Waals surface area (Å²) in [6, 6.07) is 36.5. The van der Waals surface area contributed by atoms with E-state index in [1.165, 1.54) is 17.3 Å². The Hall–Kier alpha value is -4.66. The zero-order chi connectivity index (χ0) is 31.1. The van der Waals surface area contributed by atoms with Gasteiger partial charge in [-0.2, -0.15) is 0 Å². The van der Waals surface area contributed by atoms with Gasteiger partial charge in [0.25, 0.3) is 10.0 Å². The number of aryl methyl sites for hydroxylation is 1. The first-order valence-electron chi connectivity index (χ1n) is 14.3. The second kappa shape index (κ2) is 13.8. The second-order valence-corrected chi connectivity index (χ2v) is 12.5. The molecule has 0 unspecified atom stereocenters. The number of hydrogen-bond acceptors (Lipinski definition) is 6. The SMILES string of the molecule is COC(=O)[C@H]([C@@H](c1ccc(OC)cc1)c1cccn1S(=O)(=O)c1ccc(C)cc1)N(Cc1ccccc1)Cc1ccccc1. The van der Waals surface area contributed by atoms with Crippen LogP contribution in [0.15, 0.2) is 132 Å². The summed E-state index contributed by atoms with van der Waals surface area (Å²) in [7, 11) is -1.04. The number of aromatic nitrogens is 1. The molecule has 1 heterocycles. The zero-order valence-electron chi connectivity index (χ0n) is 25.0. The van der Waals surface area contributed by atoms with Gasteiger partial charge < -0.3 is 9.47 Å². The molecule has 2 atom stereocenters. The first kappa shape index (κ1) is 30.8. The van der Waals surface area contributed by atoms with E-state index in [0.29, 0.717) is 24.5 Å². The summed E-state index contributed by atoms with van der Waals surface area (Å²) in [5.41, 5.74) is 4.15. The Morgan fingerprint density at radius 3 is 1.84 bits per heavy atom. The van der Waals surface area contributed by atoms with Gasteiger partial charge in [-0.3, -0.25) is 9.69 Å². The molecule has 7 nitrogen and oxygen atoms in total. The minimum absolute atomic E-state index is 0.161. The van der Waals surface area contributed by atoms with Crippen molar-refractivity contribution in [2.24, 2.45) is 0 Å². The molecular formula is C36H36N2O5S. The number of rotatable bonds is 12. The van der Waals surface area contributed by atoms with E-state index in [2.05, 4.69) is 4.90 Å². The molecule has 0 fully saturated rings. The largest absolute Gasteiger partial charge is 0.497 e. The minimum atomic E-state index is -4.00. The fourth-order valence-corrected chi connectivity index (χ4v) is 6.88. The third-order valence-corrected chi connectivity index (χ3v) is 9.44. The summed E-state index contributed by atoms with van der Waals surface area (Å²) in [6.45, 7) is 2.76. The van der Waals surface area contributed by atoms with Gasteiger partial charge in [0, 0.05) is 25.0 Å². The van der Waals surface area contributed by atoms with Gasteiger partial charge in [-0.1, -0.05) is 90.5 Å². The van der Waals surface area contributed by atoms with Crippen LogP contribution in [0.3, 0.4) is 0 Å². The quantitative estimate of drug-likeness (QED) is 0.152. The molecule has 0 amide bonds. The standard InChI is InChI=1S/C36H36N2O5S/c1-27-16-22-32(23-17-27)44(40,41)38-24-10-15-33(38)34(30-18-20-31(42-2)21-19-30)35(36(39)43-3)37(25-28-11-6-4-7-12-28)26-29-13-8-5-9-14-29/h4-24,34-35H,25-26H2,1-3H3/t34-,35-/m0/s1. The van der Waals surface area contributed by atoms with Crippen molar-refractivity contribution in [3.8, 4) is 5.75 Å². The van der Waals surface area contributed by atoms with Crippen LogP contribution in [-0.2, 0) is 32.6 Å². The Morgan fingerprint density at radius 1 is 0.750 bits per heavy atom. The van der Waals surface area contributed by atoms with Crippen molar-refractivity contribution in [3.63, 3.8) is 0 Å². The predicted molar refractivity (Wildman–Crippen MR) is 171 cm³/mol. The molecule has 5 aromatic rings. The number of esters is 1. The summed E-state index contributed by atoms with van der Waals surface area (Å²) >= 11 is 0. The molecule has 0 radical (unpaired) electrons. The van der Waals surface area contributed by atoms with Crippen LogP contribution >= 0.6 is 0 Å². The first-order chi connectivity index (χ1) is 21.3. The molecule has 1 aromatic heterocycles. The molecule has 0 bridgehead atoms. The van der Waals surface area contributed by atoms with Gasteiger partial charge in [0.05, 0.1) is 25.0 Å². The molecule has 0 N–H and O–H groups in total. The summed E-state index contributed by atoms with van der Waals surface area (Å²) in [5, 5.41) is 0. The highest BCUT2D eigenvalue weighted by Gasteiger charge is 2.40. The highest BCUT2D eigenvalue weighted by molar-refractivity contribution is 7.90. The van der Waals surface area contributed by atoms with E-state index in [0.717, 1.165) is 22.3 Å². The average molecular weight is 609 g/mol. The normalized spacial score (nSPS) is 12.9. The van der Waals surface area contributed by atoms with Gasteiger partial charge in [0.1, 0.15) is 11.8 Å². The van der Waals surface area contributed by atoms with Crippen molar-refractivity contribution < 1.29 is 22.7 Å². The highest BCUT2D eigenvalue weighted by Crippen LogP contribution is 2.36. The van der Waals surface area contributed by atoms with E-state index < -0.39 is 28.0 Å². The summed E-state index contributed by atoms with van der Waals surface area (Å²) < 4.78 is 40.4. The van der Waals surface area contributed by atoms with Gasteiger partial charge >= 0.3 is 5.97 Å². The topological polar surface area (TPSA) is 77.8 Å². The Morgan fingerprint density at radius 2 is 1.32 bits per heavy atom. The number of hydrogen-bond donors (Lipinski definition) is 0. The Bertz CT molecular complexity index is 1730. The van der Waals surface area contributed by atoms with Crippen LogP contribution < -0.4 is 4.74 Å². The fourth-order valence-electron chi connectivity index (χ4n) is 5.49. The number of ether oxygens (including phenoxy) is 2. The number of nitrogens with zero attached hydrogens (tertiary/aromatic N) is 2. The molecule has 44 heavy (non-hydrogen) atoms. The van der Waals surface area contributed by atoms with Crippen LogP contribution in [0.4, 0.5) is 0 Å². The second-order valence-electron chi connectivity index (χ2n) is 10.6. The Kier molecular flexibility index (Phi) is 9.62. The maximum Gasteiger partial charge on any atom is 0.324 e. The molecule has 226 valence electrons.